The van der Waals surface area contributed by atoms with Crippen LogP contribution in [0.25, 0.3) is 0 Å². The van der Waals surface area contributed by atoms with Crippen molar-refractivity contribution in [2.45, 2.75) is 12.8 Å². The van der Waals surface area contributed by atoms with E-state index < -0.39 is 4.92 Å². The number of hydrogen-bond acceptors (Lipinski definition) is 3. The van der Waals surface area contributed by atoms with Crippen molar-refractivity contribution in [3.05, 3.63) is 39.9 Å². The molecule has 0 bridgehead atoms. The number of carbonyl (C=O) groups is 1. The molecule has 0 aromatic heterocycles. The molecule has 0 N–H and O–H groups in total. The molecule has 1 amide bonds. The van der Waals surface area contributed by atoms with Gasteiger partial charge < -0.3 is 4.90 Å². The predicted octanol–water partition coefficient (Wildman–Crippen LogP) is 2.84. The molecule has 1 fully saturated rings. The molecule has 102 valence electrons. The Morgan fingerprint density at radius 3 is 2.58 bits per heavy atom. The van der Waals surface area contributed by atoms with Crippen LogP contribution in [0.2, 0.25) is 0 Å². The number of hydrogen-bond donors (Lipinski definition) is 0. The van der Waals surface area contributed by atoms with E-state index >= 15 is 0 Å². The van der Waals surface area contributed by atoms with Crippen LogP contribution in [-0.2, 0) is 0 Å². The first-order valence-electron chi connectivity index (χ1n) is 6.22. The highest BCUT2D eigenvalue weighted by atomic mass is 79.9. The maximum atomic E-state index is 12.3. The van der Waals surface area contributed by atoms with E-state index in [4.69, 9.17) is 0 Å². The molecule has 1 aliphatic heterocycles. The van der Waals surface area contributed by atoms with Crippen LogP contribution in [0.15, 0.2) is 24.3 Å². The highest BCUT2D eigenvalue weighted by Gasteiger charge is 2.27. The van der Waals surface area contributed by atoms with Crippen molar-refractivity contribution in [1.82, 2.24) is 4.90 Å². The first-order chi connectivity index (χ1) is 9.13. The fourth-order valence-corrected chi connectivity index (χ4v) is 2.92. The number of rotatable bonds is 3. The molecular formula is C13H15BrN2O3. The molecule has 6 heteroatoms. The minimum atomic E-state index is -0.502. The Balaban J connectivity index is 2.15. The zero-order valence-electron chi connectivity index (χ0n) is 10.4. The standard InChI is InChI=1S/C13H15BrN2O3/c14-9-10-5-7-15(8-6-10)13(17)11-3-1-2-4-12(11)16(18)19/h1-4,10H,5-9H2. The summed E-state index contributed by atoms with van der Waals surface area (Å²) >= 11 is 3.45. The highest BCUT2D eigenvalue weighted by Crippen LogP contribution is 2.24. The Kier molecular flexibility index (Phi) is 4.52. The fraction of sp³-hybridized carbons (Fsp3) is 0.462. The highest BCUT2D eigenvalue weighted by molar-refractivity contribution is 9.09. The molecule has 0 spiro atoms. The summed E-state index contributed by atoms with van der Waals surface area (Å²) in [6.07, 6.45) is 1.88. The predicted molar refractivity (Wildman–Crippen MR) is 75.5 cm³/mol. The Hall–Kier alpha value is -1.43. The monoisotopic (exact) mass is 326 g/mol. The summed E-state index contributed by atoms with van der Waals surface area (Å²) in [5, 5.41) is 11.9. The summed E-state index contributed by atoms with van der Waals surface area (Å²) in [4.78, 5) is 24.5. The summed E-state index contributed by atoms with van der Waals surface area (Å²) in [6.45, 7) is 1.34. The van der Waals surface area contributed by atoms with Gasteiger partial charge in [0, 0.05) is 24.5 Å². The van der Waals surface area contributed by atoms with E-state index in [9.17, 15) is 14.9 Å². The first-order valence-corrected chi connectivity index (χ1v) is 7.34. The van der Waals surface area contributed by atoms with Gasteiger partial charge in [-0.3, -0.25) is 14.9 Å². The molecule has 1 heterocycles. The quantitative estimate of drug-likeness (QED) is 0.487. The summed E-state index contributed by atoms with van der Waals surface area (Å²) < 4.78 is 0. The summed E-state index contributed by atoms with van der Waals surface area (Å²) in [7, 11) is 0. The van der Waals surface area contributed by atoms with Crippen molar-refractivity contribution < 1.29 is 9.72 Å². The zero-order valence-corrected chi connectivity index (χ0v) is 12.0. The maximum Gasteiger partial charge on any atom is 0.282 e. The second-order valence-electron chi connectivity index (χ2n) is 4.66. The van der Waals surface area contributed by atoms with Gasteiger partial charge >= 0.3 is 0 Å². The number of carbonyl (C=O) groups excluding carboxylic acids is 1. The lowest BCUT2D eigenvalue weighted by molar-refractivity contribution is -0.385. The number of alkyl halides is 1. The molecule has 0 unspecified atom stereocenters. The molecule has 0 radical (unpaired) electrons. The molecule has 1 saturated heterocycles. The SMILES string of the molecule is O=C(c1ccccc1[N+](=O)[O-])N1CCC(CBr)CC1. The lowest BCUT2D eigenvalue weighted by Crippen LogP contribution is -2.39. The molecule has 1 aromatic carbocycles. The molecular weight excluding hydrogens is 312 g/mol. The van der Waals surface area contributed by atoms with Gasteiger partial charge in [0.1, 0.15) is 5.56 Å². The third-order valence-corrected chi connectivity index (χ3v) is 4.37. The average Bonchev–Trinajstić information content (AvgIpc) is 2.46. The lowest BCUT2D eigenvalue weighted by Gasteiger charge is -2.31. The number of nitrogens with zero attached hydrogens (tertiary/aromatic N) is 2. The van der Waals surface area contributed by atoms with E-state index in [0.717, 1.165) is 18.2 Å². The largest absolute Gasteiger partial charge is 0.338 e. The van der Waals surface area contributed by atoms with Crippen molar-refractivity contribution in [3.63, 3.8) is 0 Å². The summed E-state index contributed by atoms with van der Waals surface area (Å²) in [5.41, 5.74) is 0.0694. The van der Waals surface area contributed by atoms with Crippen molar-refractivity contribution in [3.8, 4) is 0 Å². The van der Waals surface area contributed by atoms with Crippen molar-refractivity contribution in [2.75, 3.05) is 18.4 Å². The number of nitro groups is 1. The van der Waals surface area contributed by atoms with Gasteiger partial charge in [0.05, 0.1) is 4.92 Å². The smallest absolute Gasteiger partial charge is 0.282 e. The Morgan fingerprint density at radius 2 is 2.00 bits per heavy atom. The zero-order chi connectivity index (χ0) is 13.8. The molecule has 0 aliphatic carbocycles. The molecule has 1 aromatic rings. The third-order valence-electron chi connectivity index (χ3n) is 3.45. The minimum Gasteiger partial charge on any atom is -0.338 e. The van der Waals surface area contributed by atoms with Crippen LogP contribution in [0.1, 0.15) is 23.2 Å². The fourth-order valence-electron chi connectivity index (χ4n) is 2.27. The number of benzene rings is 1. The topological polar surface area (TPSA) is 63.4 Å². The molecule has 19 heavy (non-hydrogen) atoms. The number of likely N-dealkylation sites (tertiary alicyclic amines) is 1. The average molecular weight is 327 g/mol. The van der Waals surface area contributed by atoms with Gasteiger partial charge in [-0.1, -0.05) is 28.1 Å². The van der Waals surface area contributed by atoms with E-state index in [-0.39, 0.29) is 17.2 Å². The summed E-state index contributed by atoms with van der Waals surface area (Å²) in [6, 6.07) is 6.13. The number of piperidine rings is 1. The number of halogens is 1. The molecule has 0 atom stereocenters. The van der Waals surface area contributed by atoms with Crippen LogP contribution in [0.3, 0.4) is 0 Å². The van der Waals surface area contributed by atoms with Gasteiger partial charge in [-0.25, -0.2) is 0 Å². The van der Waals surface area contributed by atoms with Crippen molar-refractivity contribution in [1.29, 1.82) is 0 Å². The van der Waals surface area contributed by atoms with Crippen molar-refractivity contribution >= 4 is 27.5 Å². The van der Waals surface area contributed by atoms with Crippen LogP contribution in [-0.4, -0.2) is 34.2 Å². The van der Waals surface area contributed by atoms with E-state index in [2.05, 4.69) is 15.9 Å². The normalized spacial score (nSPS) is 16.4. The third kappa shape index (κ3) is 3.12. The van der Waals surface area contributed by atoms with E-state index in [1.807, 2.05) is 0 Å². The maximum absolute atomic E-state index is 12.3. The van der Waals surface area contributed by atoms with Crippen LogP contribution in [0.4, 0.5) is 5.69 Å². The van der Waals surface area contributed by atoms with Gasteiger partial charge in [0.15, 0.2) is 0 Å². The number of para-hydroxylation sites is 1. The molecule has 1 aliphatic rings. The summed E-state index contributed by atoms with van der Waals surface area (Å²) in [5.74, 6) is 0.357. The molecule has 5 nitrogen and oxygen atoms in total. The Morgan fingerprint density at radius 1 is 1.37 bits per heavy atom. The second-order valence-corrected chi connectivity index (χ2v) is 5.31. The van der Waals surface area contributed by atoms with E-state index in [0.29, 0.717) is 19.0 Å². The Labute approximate surface area is 119 Å². The van der Waals surface area contributed by atoms with Crippen molar-refractivity contribution in [2.24, 2.45) is 5.92 Å². The van der Waals surface area contributed by atoms with Crippen LogP contribution in [0.5, 0.6) is 0 Å². The molecule has 0 saturated carbocycles. The first kappa shape index (κ1) is 14.0. The van der Waals surface area contributed by atoms with Gasteiger partial charge in [-0.05, 0) is 24.8 Å². The number of amides is 1. The van der Waals surface area contributed by atoms with Crippen LogP contribution in [0, 0.1) is 16.0 Å². The van der Waals surface area contributed by atoms with Crippen LogP contribution < -0.4 is 0 Å². The lowest BCUT2D eigenvalue weighted by atomic mass is 9.98. The van der Waals surface area contributed by atoms with Crippen LogP contribution >= 0.6 is 15.9 Å². The van der Waals surface area contributed by atoms with Gasteiger partial charge in [-0.2, -0.15) is 0 Å². The minimum absolute atomic E-state index is 0.116. The number of nitro benzene ring substituents is 1. The van der Waals surface area contributed by atoms with Gasteiger partial charge in [0.2, 0.25) is 0 Å². The molecule has 2 rings (SSSR count). The van der Waals surface area contributed by atoms with Gasteiger partial charge in [-0.15, -0.1) is 0 Å². The Bertz CT molecular complexity index is 485. The van der Waals surface area contributed by atoms with E-state index in [1.165, 1.54) is 12.1 Å². The van der Waals surface area contributed by atoms with Gasteiger partial charge in [0.25, 0.3) is 11.6 Å². The second kappa shape index (κ2) is 6.14. The van der Waals surface area contributed by atoms with E-state index in [1.54, 1.807) is 17.0 Å².